The van der Waals surface area contributed by atoms with Crippen molar-refractivity contribution in [2.75, 3.05) is 0 Å². The van der Waals surface area contributed by atoms with Crippen molar-refractivity contribution >= 4 is 6.29 Å². The van der Waals surface area contributed by atoms with Gasteiger partial charge >= 0.3 is 0 Å². The van der Waals surface area contributed by atoms with Gasteiger partial charge in [0.15, 0.2) is 0 Å². The van der Waals surface area contributed by atoms with Crippen molar-refractivity contribution < 1.29 is 14.6 Å². The summed E-state index contributed by atoms with van der Waals surface area (Å²) in [5.41, 5.74) is 0.883. The van der Waals surface area contributed by atoms with Crippen LogP contribution in [0.4, 0.5) is 0 Å². The molecule has 0 aliphatic rings. The Morgan fingerprint density at radius 1 is 1.33 bits per heavy atom. The Bertz CT molecular complexity index is 350. The molecule has 3 nitrogen and oxygen atoms in total. The van der Waals surface area contributed by atoms with Crippen LogP contribution in [0.25, 0.3) is 0 Å². The van der Waals surface area contributed by atoms with Crippen LogP contribution in [-0.4, -0.2) is 17.0 Å². The third-order valence-electron chi connectivity index (χ3n) is 1.73. The summed E-state index contributed by atoms with van der Waals surface area (Å²) in [6.45, 7) is 5.69. The summed E-state index contributed by atoms with van der Waals surface area (Å²) in [5, 5.41) is 9.01. The SMILES string of the molecule is CC(C)(C)Oc1cc(C=O)cc(CO)c1. The first-order valence-corrected chi connectivity index (χ1v) is 4.83. The zero-order chi connectivity index (χ0) is 11.5. The van der Waals surface area contributed by atoms with Gasteiger partial charge in [-0.3, -0.25) is 4.79 Å². The molecule has 0 saturated heterocycles. The first kappa shape index (κ1) is 11.7. The van der Waals surface area contributed by atoms with E-state index in [4.69, 9.17) is 9.84 Å². The smallest absolute Gasteiger partial charge is 0.150 e. The second kappa shape index (κ2) is 4.45. The van der Waals surface area contributed by atoms with Gasteiger partial charge in [-0.1, -0.05) is 0 Å². The Morgan fingerprint density at radius 3 is 2.47 bits per heavy atom. The molecule has 0 amide bonds. The van der Waals surface area contributed by atoms with Crippen LogP contribution < -0.4 is 4.74 Å². The number of hydrogen-bond donors (Lipinski definition) is 1. The lowest BCUT2D eigenvalue weighted by Crippen LogP contribution is -2.23. The Hall–Kier alpha value is -1.35. The number of carbonyl (C=O) groups excluding carboxylic acids is 1. The van der Waals surface area contributed by atoms with E-state index in [1.165, 1.54) is 0 Å². The number of aliphatic hydroxyl groups is 1. The minimum atomic E-state index is -0.311. The molecule has 1 aromatic carbocycles. The van der Waals surface area contributed by atoms with Crippen molar-refractivity contribution in [3.8, 4) is 5.75 Å². The second-order valence-corrected chi connectivity index (χ2v) is 4.40. The summed E-state index contributed by atoms with van der Waals surface area (Å²) in [7, 11) is 0. The fraction of sp³-hybridized carbons (Fsp3) is 0.417. The third kappa shape index (κ3) is 3.72. The highest BCUT2D eigenvalue weighted by atomic mass is 16.5. The van der Waals surface area contributed by atoms with E-state index in [9.17, 15) is 4.79 Å². The van der Waals surface area contributed by atoms with Crippen LogP contribution in [0, 0.1) is 0 Å². The van der Waals surface area contributed by atoms with Gasteiger partial charge in [-0.25, -0.2) is 0 Å². The van der Waals surface area contributed by atoms with Crippen molar-refractivity contribution in [1.82, 2.24) is 0 Å². The molecule has 0 unspecified atom stereocenters. The highest BCUT2D eigenvalue weighted by Gasteiger charge is 2.12. The highest BCUT2D eigenvalue weighted by molar-refractivity contribution is 5.76. The van der Waals surface area contributed by atoms with Crippen LogP contribution in [-0.2, 0) is 6.61 Å². The minimum Gasteiger partial charge on any atom is -0.488 e. The van der Waals surface area contributed by atoms with Gasteiger partial charge in [0.25, 0.3) is 0 Å². The number of rotatable bonds is 3. The summed E-state index contributed by atoms with van der Waals surface area (Å²) < 4.78 is 5.62. The van der Waals surface area contributed by atoms with Gasteiger partial charge in [0, 0.05) is 5.56 Å². The van der Waals surface area contributed by atoms with Gasteiger partial charge in [0.05, 0.1) is 6.61 Å². The van der Waals surface area contributed by atoms with Crippen molar-refractivity contribution in [3.63, 3.8) is 0 Å². The fourth-order valence-corrected chi connectivity index (χ4v) is 1.26. The van der Waals surface area contributed by atoms with Crippen LogP contribution in [0.5, 0.6) is 5.75 Å². The average Bonchev–Trinajstić information content (AvgIpc) is 2.14. The Morgan fingerprint density at radius 2 is 2.00 bits per heavy atom. The maximum atomic E-state index is 10.7. The van der Waals surface area contributed by atoms with E-state index in [2.05, 4.69) is 0 Å². The minimum absolute atomic E-state index is 0.0951. The van der Waals surface area contributed by atoms with Gasteiger partial charge in [-0.15, -0.1) is 0 Å². The molecule has 0 bridgehead atoms. The maximum Gasteiger partial charge on any atom is 0.150 e. The predicted molar refractivity (Wildman–Crippen MR) is 58.1 cm³/mol. The van der Waals surface area contributed by atoms with Crippen molar-refractivity contribution in [1.29, 1.82) is 0 Å². The number of aliphatic hydroxyl groups excluding tert-OH is 1. The topological polar surface area (TPSA) is 46.5 Å². The molecule has 1 N–H and O–H groups in total. The van der Waals surface area contributed by atoms with Crippen LogP contribution in [0.3, 0.4) is 0 Å². The van der Waals surface area contributed by atoms with Gasteiger partial charge in [0.2, 0.25) is 0 Å². The van der Waals surface area contributed by atoms with Gasteiger partial charge in [0.1, 0.15) is 17.6 Å². The number of ether oxygens (including phenoxy) is 1. The molecule has 0 saturated carbocycles. The lowest BCUT2D eigenvalue weighted by molar-refractivity contribution is 0.111. The first-order chi connectivity index (χ1) is 6.94. The molecule has 0 atom stereocenters. The van der Waals surface area contributed by atoms with Crippen LogP contribution in [0.2, 0.25) is 0 Å². The molecule has 15 heavy (non-hydrogen) atoms. The van der Waals surface area contributed by atoms with Gasteiger partial charge < -0.3 is 9.84 Å². The average molecular weight is 208 g/mol. The molecular formula is C12H16O3. The van der Waals surface area contributed by atoms with Gasteiger partial charge in [-0.05, 0) is 44.5 Å². The molecule has 1 aromatic rings. The molecule has 0 heterocycles. The van der Waals surface area contributed by atoms with E-state index in [1.54, 1.807) is 18.2 Å². The van der Waals surface area contributed by atoms with E-state index < -0.39 is 0 Å². The zero-order valence-corrected chi connectivity index (χ0v) is 9.28. The largest absolute Gasteiger partial charge is 0.488 e. The van der Waals surface area contributed by atoms with E-state index in [0.29, 0.717) is 16.9 Å². The molecule has 0 radical (unpaired) electrons. The van der Waals surface area contributed by atoms with E-state index in [-0.39, 0.29) is 12.2 Å². The number of benzene rings is 1. The molecule has 0 aliphatic heterocycles. The van der Waals surface area contributed by atoms with Gasteiger partial charge in [-0.2, -0.15) is 0 Å². The summed E-state index contributed by atoms with van der Waals surface area (Å²) in [6.07, 6.45) is 0.745. The fourth-order valence-electron chi connectivity index (χ4n) is 1.26. The summed E-state index contributed by atoms with van der Waals surface area (Å²) >= 11 is 0. The number of hydrogen-bond acceptors (Lipinski definition) is 3. The second-order valence-electron chi connectivity index (χ2n) is 4.40. The van der Waals surface area contributed by atoms with Crippen molar-refractivity contribution in [2.45, 2.75) is 33.0 Å². The Kier molecular flexibility index (Phi) is 3.48. The summed E-state index contributed by atoms with van der Waals surface area (Å²) in [6, 6.07) is 5.04. The normalized spacial score (nSPS) is 11.2. The van der Waals surface area contributed by atoms with Crippen molar-refractivity contribution in [2.24, 2.45) is 0 Å². The molecule has 0 spiro atoms. The molecule has 0 fully saturated rings. The van der Waals surface area contributed by atoms with Crippen LogP contribution >= 0.6 is 0 Å². The molecular weight excluding hydrogens is 192 g/mol. The number of aldehydes is 1. The highest BCUT2D eigenvalue weighted by Crippen LogP contribution is 2.21. The van der Waals surface area contributed by atoms with E-state index in [0.717, 1.165) is 6.29 Å². The summed E-state index contributed by atoms with van der Waals surface area (Å²) in [5.74, 6) is 0.608. The molecule has 1 rings (SSSR count). The molecule has 82 valence electrons. The predicted octanol–water partition coefficient (Wildman–Crippen LogP) is 2.17. The molecule has 3 heteroatoms. The molecule has 0 aliphatic carbocycles. The maximum absolute atomic E-state index is 10.7. The standard InChI is InChI=1S/C12H16O3/c1-12(2,3)15-11-5-9(7-13)4-10(6-11)8-14/h4-7,14H,8H2,1-3H3. The lowest BCUT2D eigenvalue weighted by atomic mass is 10.1. The number of carbonyl (C=O) groups is 1. The third-order valence-corrected chi connectivity index (χ3v) is 1.73. The Balaban J connectivity index is 3.02. The quantitative estimate of drug-likeness (QED) is 0.774. The van der Waals surface area contributed by atoms with E-state index in [1.807, 2.05) is 20.8 Å². The first-order valence-electron chi connectivity index (χ1n) is 4.83. The summed E-state index contributed by atoms with van der Waals surface area (Å²) in [4.78, 5) is 10.7. The zero-order valence-electron chi connectivity index (χ0n) is 9.28. The molecule has 0 aromatic heterocycles. The van der Waals surface area contributed by atoms with Crippen molar-refractivity contribution in [3.05, 3.63) is 29.3 Å². The monoisotopic (exact) mass is 208 g/mol. The van der Waals surface area contributed by atoms with E-state index >= 15 is 0 Å². The lowest BCUT2D eigenvalue weighted by Gasteiger charge is -2.21. The van der Waals surface area contributed by atoms with Crippen LogP contribution in [0.15, 0.2) is 18.2 Å². The Labute approximate surface area is 89.7 Å². The van der Waals surface area contributed by atoms with Crippen LogP contribution in [0.1, 0.15) is 36.7 Å².